The molecule has 1 aliphatic heterocycles. The molecule has 0 aromatic carbocycles. The second-order valence-corrected chi connectivity index (χ2v) is 6.12. The van der Waals surface area contributed by atoms with Gasteiger partial charge in [0.1, 0.15) is 5.82 Å². The summed E-state index contributed by atoms with van der Waals surface area (Å²) in [6, 6.07) is 4.91. The van der Waals surface area contributed by atoms with E-state index in [9.17, 15) is 0 Å². The molecule has 1 saturated heterocycles. The molecule has 1 aromatic rings. The number of nitrogens with zero attached hydrogens (tertiary/aromatic N) is 2. The minimum Gasteiger partial charge on any atom is -0.381 e. The molecule has 4 heteroatoms. The number of anilines is 2. The number of pyridine rings is 1. The SMILES string of the molecule is CC1CCCC(Nc2ccc(N3CCOCC3)nc2)C1. The lowest BCUT2D eigenvalue weighted by atomic mass is 9.87. The number of ether oxygens (including phenoxy) is 1. The molecule has 3 rings (SSSR count). The smallest absolute Gasteiger partial charge is 0.128 e. The van der Waals surface area contributed by atoms with Gasteiger partial charge in [0, 0.05) is 19.1 Å². The molecule has 0 spiro atoms. The summed E-state index contributed by atoms with van der Waals surface area (Å²) >= 11 is 0. The zero-order chi connectivity index (χ0) is 13.8. The van der Waals surface area contributed by atoms with E-state index in [1.807, 2.05) is 6.20 Å². The van der Waals surface area contributed by atoms with Crippen LogP contribution in [-0.4, -0.2) is 37.3 Å². The fourth-order valence-electron chi connectivity index (χ4n) is 3.25. The van der Waals surface area contributed by atoms with Crippen molar-refractivity contribution in [2.75, 3.05) is 36.5 Å². The molecule has 1 aliphatic carbocycles. The standard InChI is InChI=1S/C16H25N3O/c1-13-3-2-4-14(11-13)18-15-5-6-16(17-12-15)19-7-9-20-10-8-19/h5-6,12-14,18H,2-4,7-11H2,1H3. The molecule has 0 bridgehead atoms. The number of rotatable bonds is 3. The van der Waals surface area contributed by atoms with Crippen LogP contribution >= 0.6 is 0 Å². The van der Waals surface area contributed by atoms with Gasteiger partial charge in [-0.3, -0.25) is 0 Å². The molecule has 2 aliphatic rings. The van der Waals surface area contributed by atoms with Crippen LogP contribution in [0.5, 0.6) is 0 Å². The first-order valence-electron chi connectivity index (χ1n) is 7.86. The van der Waals surface area contributed by atoms with Gasteiger partial charge in [0.15, 0.2) is 0 Å². The Labute approximate surface area is 121 Å². The zero-order valence-corrected chi connectivity index (χ0v) is 12.3. The minimum atomic E-state index is 0.620. The van der Waals surface area contributed by atoms with Crippen molar-refractivity contribution < 1.29 is 4.74 Å². The summed E-state index contributed by atoms with van der Waals surface area (Å²) in [7, 11) is 0. The van der Waals surface area contributed by atoms with Crippen molar-refractivity contribution in [1.82, 2.24) is 4.98 Å². The van der Waals surface area contributed by atoms with Crippen LogP contribution in [0.2, 0.25) is 0 Å². The highest BCUT2D eigenvalue weighted by molar-refractivity contribution is 5.49. The molecular weight excluding hydrogens is 250 g/mol. The fraction of sp³-hybridized carbons (Fsp3) is 0.688. The highest BCUT2D eigenvalue weighted by Gasteiger charge is 2.18. The summed E-state index contributed by atoms with van der Waals surface area (Å²) in [5.41, 5.74) is 1.15. The van der Waals surface area contributed by atoms with Crippen molar-refractivity contribution in [2.45, 2.75) is 38.6 Å². The fourth-order valence-corrected chi connectivity index (χ4v) is 3.25. The van der Waals surface area contributed by atoms with E-state index < -0.39 is 0 Å². The van der Waals surface area contributed by atoms with Crippen LogP contribution < -0.4 is 10.2 Å². The molecule has 1 N–H and O–H groups in total. The van der Waals surface area contributed by atoms with Gasteiger partial charge in [0.2, 0.25) is 0 Å². The van der Waals surface area contributed by atoms with Crippen molar-refractivity contribution >= 4 is 11.5 Å². The Balaban J connectivity index is 1.58. The maximum Gasteiger partial charge on any atom is 0.128 e. The van der Waals surface area contributed by atoms with Crippen LogP contribution in [0.1, 0.15) is 32.6 Å². The van der Waals surface area contributed by atoms with Crippen molar-refractivity contribution in [2.24, 2.45) is 5.92 Å². The summed E-state index contributed by atoms with van der Waals surface area (Å²) in [5.74, 6) is 1.91. The van der Waals surface area contributed by atoms with Gasteiger partial charge in [0.05, 0.1) is 25.1 Å². The van der Waals surface area contributed by atoms with Crippen molar-refractivity contribution in [1.29, 1.82) is 0 Å². The Bertz CT molecular complexity index is 414. The second kappa shape index (κ2) is 6.44. The van der Waals surface area contributed by atoms with E-state index in [-0.39, 0.29) is 0 Å². The Morgan fingerprint density at radius 3 is 2.80 bits per heavy atom. The van der Waals surface area contributed by atoms with Crippen LogP contribution in [0.25, 0.3) is 0 Å². The van der Waals surface area contributed by atoms with Crippen molar-refractivity contribution in [3.8, 4) is 0 Å². The monoisotopic (exact) mass is 275 g/mol. The average Bonchev–Trinajstić information content (AvgIpc) is 2.49. The van der Waals surface area contributed by atoms with E-state index in [4.69, 9.17) is 4.74 Å². The quantitative estimate of drug-likeness (QED) is 0.920. The lowest BCUT2D eigenvalue weighted by Crippen LogP contribution is -2.36. The topological polar surface area (TPSA) is 37.4 Å². The minimum absolute atomic E-state index is 0.620. The molecule has 20 heavy (non-hydrogen) atoms. The van der Waals surface area contributed by atoms with Crippen LogP contribution in [-0.2, 0) is 4.74 Å². The summed E-state index contributed by atoms with van der Waals surface area (Å²) in [5, 5.41) is 3.64. The lowest BCUT2D eigenvalue weighted by Gasteiger charge is -2.29. The maximum absolute atomic E-state index is 5.37. The highest BCUT2D eigenvalue weighted by Crippen LogP contribution is 2.26. The third kappa shape index (κ3) is 3.42. The number of hydrogen-bond acceptors (Lipinski definition) is 4. The van der Waals surface area contributed by atoms with Crippen molar-refractivity contribution in [3.05, 3.63) is 18.3 Å². The molecule has 1 saturated carbocycles. The van der Waals surface area contributed by atoms with E-state index in [1.165, 1.54) is 25.7 Å². The predicted molar refractivity (Wildman–Crippen MR) is 82.3 cm³/mol. The van der Waals surface area contributed by atoms with E-state index in [0.717, 1.165) is 43.7 Å². The average molecular weight is 275 g/mol. The molecule has 2 atom stereocenters. The molecule has 2 fully saturated rings. The van der Waals surface area contributed by atoms with Gasteiger partial charge >= 0.3 is 0 Å². The summed E-state index contributed by atoms with van der Waals surface area (Å²) in [4.78, 5) is 6.88. The van der Waals surface area contributed by atoms with Gasteiger partial charge in [-0.05, 0) is 30.9 Å². The first kappa shape index (κ1) is 13.7. The van der Waals surface area contributed by atoms with Crippen LogP contribution in [0, 0.1) is 5.92 Å². The molecule has 0 amide bonds. The number of hydrogen-bond donors (Lipinski definition) is 1. The summed E-state index contributed by atoms with van der Waals surface area (Å²) < 4.78 is 5.37. The maximum atomic E-state index is 5.37. The van der Waals surface area contributed by atoms with Crippen LogP contribution in [0.3, 0.4) is 0 Å². The Morgan fingerprint density at radius 1 is 1.25 bits per heavy atom. The third-order valence-electron chi connectivity index (χ3n) is 4.39. The van der Waals surface area contributed by atoms with Gasteiger partial charge in [-0.25, -0.2) is 4.98 Å². The normalized spacial score (nSPS) is 27.4. The molecule has 110 valence electrons. The molecular formula is C16H25N3O. The molecule has 2 unspecified atom stereocenters. The molecule has 1 aromatic heterocycles. The first-order valence-corrected chi connectivity index (χ1v) is 7.86. The molecule has 4 nitrogen and oxygen atoms in total. The van der Waals surface area contributed by atoms with Crippen LogP contribution in [0.4, 0.5) is 11.5 Å². The predicted octanol–water partition coefficient (Wildman–Crippen LogP) is 2.91. The van der Waals surface area contributed by atoms with E-state index in [0.29, 0.717) is 6.04 Å². The molecule has 0 radical (unpaired) electrons. The van der Waals surface area contributed by atoms with Crippen molar-refractivity contribution in [3.63, 3.8) is 0 Å². The summed E-state index contributed by atoms with van der Waals surface area (Å²) in [6.07, 6.45) is 7.27. The number of aromatic nitrogens is 1. The lowest BCUT2D eigenvalue weighted by molar-refractivity contribution is 0.122. The van der Waals surface area contributed by atoms with Gasteiger partial charge in [-0.15, -0.1) is 0 Å². The van der Waals surface area contributed by atoms with Crippen LogP contribution in [0.15, 0.2) is 18.3 Å². The third-order valence-corrected chi connectivity index (χ3v) is 4.39. The Kier molecular flexibility index (Phi) is 4.41. The largest absolute Gasteiger partial charge is 0.381 e. The zero-order valence-electron chi connectivity index (χ0n) is 12.3. The van der Waals surface area contributed by atoms with Gasteiger partial charge < -0.3 is 15.0 Å². The Hall–Kier alpha value is -1.29. The summed E-state index contributed by atoms with van der Waals surface area (Å²) in [6.45, 7) is 5.86. The second-order valence-electron chi connectivity index (χ2n) is 6.12. The number of morpholine rings is 1. The van der Waals surface area contributed by atoms with Gasteiger partial charge in [-0.1, -0.05) is 19.8 Å². The van der Waals surface area contributed by atoms with Gasteiger partial charge in [-0.2, -0.15) is 0 Å². The Morgan fingerprint density at radius 2 is 2.10 bits per heavy atom. The highest BCUT2D eigenvalue weighted by atomic mass is 16.5. The van der Waals surface area contributed by atoms with E-state index >= 15 is 0 Å². The van der Waals surface area contributed by atoms with Gasteiger partial charge in [0.25, 0.3) is 0 Å². The first-order chi connectivity index (χ1) is 9.81. The molecule has 2 heterocycles. The van der Waals surface area contributed by atoms with E-state index in [2.05, 4.69) is 34.3 Å². The number of nitrogens with one attached hydrogen (secondary N) is 1. The van der Waals surface area contributed by atoms with E-state index in [1.54, 1.807) is 0 Å².